The molecule has 0 fully saturated rings. The van der Waals surface area contributed by atoms with Crippen molar-refractivity contribution in [2.24, 2.45) is 0 Å². The van der Waals surface area contributed by atoms with E-state index in [9.17, 15) is 9.18 Å². The number of benzene rings is 2. The second kappa shape index (κ2) is 7.90. The lowest BCUT2D eigenvalue weighted by molar-refractivity contribution is -0.145. The van der Waals surface area contributed by atoms with Crippen molar-refractivity contribution in [3.8, 4) is 11.4 Å². The van der Waals surface area contributed by atoms with E-state index in [2.05, 4.69) is 10.1 Å². The third-order valence-electron chi connectivity index (χ3n) is 3.46. The summed E-state index contributed by atoms with van der Waals surface area (Å²) < 4.78 is 23.6. The van der Waals surface area contributed by atoms with E-state index >= 15 is 0 Å². The van der Waals surface area contributed by atoms with Gasteiger partial charge in [-0.25, -0.2) is 4.39 Å². The standard InChI is InChI=1S/C18H14ClFN2O3/c19-14-7-5-12(6-8-14)18-21-16(25-22-18)9-10-17(23)24-11-13-3-1-2-4-15(13)20/h1-8H,9-11H2. The van der Waals surface area contributed by atoms with Gasteiger partial charge in [-0.2, -0.15) is 4.98 Å². The van der Waals surface area contributed by atoms with Crippen LogP contribution in [0.25, 0.3) is 11.4 Å². The smallest absolute Gasteiger partial charge is 0.306 e. The zero-order valence-corrected chi connectivity index (χ0v) is 13.9. The van der Waals surface area contributed by atoms with Crippen LogP contribution in [-0.4, -0.2) is 16.1 Å². The van der Waals surface area contributed by atoms with E-state index in [-0.39, 0.29) is 19.4 Å². The second-order valence-electron chi connectivity index (χ2n) is 5.27. The van der Waals surface area contributed by atoms with E-state index in [0.717, 1.165) is 5.56 Å². The highest BCUT2D eigenvalue weighted by Gasteiger charge is 2.12. The Bertz CT molecular complexity index is 865. The molecule has 0 bridgehead atoms. The predicted octanol–water partition coefficient (Wildman–Crippen LogP) is 4.21. The van der Waals surface area contributed by atoms with Crippen molar-refractivity contribution >= 4 is 17.6 Å². The molecule has 3 aromatic rings. The monoisotopic (exact) mass is 360 g/mol. The van der Waals surface area contributed by atoms with Crippen LogP contribution in [0.1, 0.15) is 17.9 Å². The summed E-state index contributed by atoms with van der Waals surface area (Å²) in [5.74, 6) is -0.117. The number of carbonyl (C=O) groups is 1. The van der Waals surface area contributed by atoms with Gasteiger partial charge in [-0.05, 0) is 30.3 Å². The maximum atomic E-state index is 13.4. The number of rotatable bonds is 6. The van der Waals surface area contributed by atoms with E-state index in [1.54, 1.807) is 42.5 Å². The number of hydrogen-bond acceptors (Lipinski definition) is 5. The summed E-state index contributed by atoms with van der Waals surface area (Å²) in [6, 6.07) is 13.2. The third kappa shape index (κ3) is 4.64. The van der Waals surface area contributed by atoms with E-state index in [4.69, 9.17) is 20.9 Å². The van der Waals surface area contributed by atoms with Crippen LogP contribution in [0.15, 0.2) is 53.1 Å². The summed E-state index contributed by atoms with van der Waals surface area (Å²) in [5.41, 5.74) is 1.10. The highest BCUT2D eigenvalue weighted by atomic mass is 35.5. The lowest BCUT2D eigenvalue weighted by Gasteiger charge is -2.04. The first kappa shape index (κ1) is 17.1. The van der Waals surface area contributed by atoms with Gasteiger partial charge in [0.25, 0.3) is 0 Å². The average Bonchev–Trinajstić information content (AvgIpc) is 3.09. The van der Waals surface area contributed by atoms with Gasteiger partial charge in [-0.1, -0.05) is 35.0 Å². The highest BCUT2D eigenvalue weighted by molar-refractivity contribution is 6.30. The van der Waals surface area contributed by atoms with Crippen molar-refractivity contribution in [3.63, 3.8) is 0 Å². The minimum absolute atomic E-state index is 0.0662. The quantitative estimate of drug-likeness (QED) is 0.616. The highest BCUT2D eigenvalue weighted by Crippen LogP contribution is 2.19. The fourth-order valence-electron chi connectivity index (χ4n) is 2.13. The predicted molar refractivity (Wildman–Crippen MR) is 89.3 cm³/mol. The van der Waals surface area contributed by atoms with Gasteiger partial charge in [0.1, 0.15) is 12.4 Å². The average molecular weight is 361 g/mol. The summed E-state index contributed by atoms with van der Waals surface area (Å²) >= 11 is 5.83. The lowest BCUT2D eigenvalue weighted by Crippen LogP contribution is -2.07. The van der Waals surface area contributed by atoms with Gasteiger partial charge in [0.2, 0.25) is 11.7 Å². The molecule has 0 aliphatic heterocycles. The summed E-state index contributed by atoms with van der Waals surface area (Å²) in [6.07, 6.45) is 0.313. The first-order valence-electron chi connectivity index (χ1n) is 7.59. The molecule has 0 aliphatic carbocycles. The van der Waals surface area contributed by atoms with Crippen LogP contribution in [0.5, 0.6) is 0 Å². The summed E-state index contributed by atoms with van der Waals surface area (Å²) in [6.45, 7) is -0.106. The number of aryl methyl sites for hydroxylation is 1. The number of esters is 1. The Balaban J connectivity index is 1.51. The van der Waals surface area contributed by atoms with Gasteiger partial charge < -0.3 is 9.26 Å². The largest absolute Gasteiger partial charge is 0.461 e. The number of aromatic nitrogens is 2. The molecule has 25 heavy (non-hydrogen) atoms. The normalized spacial score (nSPS) is 10.6. The topological polar surface area (TPSA) is 65.2 Å². The van der Waals surface area contributed by atoms with Crippen LogP contribution in [0.2, 0.25) is 5.02 Å². The van der Waals surface area contributed by atoms with E-state index in [0.29, 0.717) is 22.3 Å². The van der Waals surface area contributed by atoms with Crippen molar-refractivity contribution in [2.75, 3.05) is 0 Å². The minimum atomic E-state index is -0.463. The SMILES string of the molecule is O=C(CCc1nc(-c2ccc(Cl)cc2)no1)OCc1ccccc1F. The molecular formula is C18H14ClFN2O3. The van der Waals surface area contributed by atoms with Gasteiger partial charge in [0, 0.05) is 22.6 Å². The number of ether oxygens (including phenoxy) is 1. The number of hydrogen-bond donors (Lipinski definition) is 0. The van der Waals surface area contributed by atoms with E-state index in [1.807, 2.05) is 0 Å². The van der Waals surface area contributed by atoms with Crippen LogP contribution < -0.4 is 0 Å². The molecule has 0 N–H and O–H groups in total. The molecule has 2 aromatic carbocycles. The molecule has 0 amide bonds. The molecule has 7 heteroatoms. The maximum Gasteiger partial charge on any atom is 0.306 e. The maximum absolute atomic E-state index is 13.4. The van der Waals surface area contributed by atoms with Gasteiger partial charge in [-0.3, -0.25) is 4.79 Å². The minimum Gasteiger partial charge on any atom is -0.461 e. The molecule has 5 nitrogen and oxygen atoms in total. The zero-order chi connectivity index (χ0) is 17.6. The molecule has 0 saturated heterocycles. The molecular weight excluding hydrogens is 347 g/mol. The zero-order valence-electron chi connectivity index (χ0n) is 13.1. The first-order chi connectivity index (χ1) is 12.1. The van der Waals surface area contributed by atoms with Gasteiger partial charge >= 0.3 is 5.97 Å². The molecule has 3 rings (SSSR count). The molecule has 0 radical (unpaired) electrons. The van der Waals surface area contributed by atoms with Crippen molar-refractivity contribution < 1.29 is 18.4 Å². The number of nitrogens with zero attached hydrogens (tertiary/aromatic N) is 2. The number of carbonyl (C=O) groups excluding carboxylic acids is 1. The van der Waals surface area contributed by atoms with Crippen LogP contribution in [0.4, 0.5) is 4.39 Å². The van der Waals surface area contributed by atoms with Crippen LogP contribution in [0.3, 0.4) is 0 Å². The van der Waals surface area contributed by atoms with Crippen LogP contribution in [-0.2, 0) is 22.6 Å². The molecule has 1 aromatic heterocycles. The Hall–Kier alpha value is -2.73. The summed E-state index contributed by atoms with van der Waals surface area (Å²) in [4.78, 5) is 16.0. The fourth-order valence-corrected chi connectivity index (χ4v) is 2.25. The molecule has 0 saturated carbocycles. The van der Waals surface area contributed by atoms with Crippen LogP contribution >= 0.6 is 11.6 Å². The van der Waals surface area contributed by atoms with Gasteiger partial charge in [0.05, 0.1) is 6.42 Å². The summed E-state index contributed by atoms with van der Waals surface area (Å²) in [5, 5.41) is 4.48. The molecule has 0 aliphatic rings. The molecule has 0 atom stereocenters. The van der Waals surface area contributed by atoms with Gasteiger partial charge in [0.15, 0.2) is 0 Å². The van der Waals surface area contributed by atoms with E-state index < -0.39 is 11.8 Å². The third-order valence-corrected chi connectivity index (χ3v) is 3.71. The Kier molecular flexibility index (Phi) is 5.40. The van der Waals surface area contributed by atoms with Crippen molar-refractivity contribution in [2.45, 2.75) is 19.4 Å². The Morgan fingerprint density at radius 1 is 1.16 bits per heavy atom. The number of halogens is 2. The Labute approximate surface area is 148 Å². The van der Waals surface area contributed by atoms with Crippen molar-refractivity contribution in [1.82, 2.24) is 10.1 Å². The van der Waals surface area contributed by atoms with Gasteiger partial charge in [-0.15, -0.1) is 0 Å². The Morgan fingerprint density at radius 3 is 2.68 bits per heavy atom. The molecule has 1 heterocycles. The van der Waals surface area contributed by atoms with Crippen molar-refractivity contribution in [3.05, 3.63) is 70.8 Å². The van der Waals surface area contributed by atoms with E-state index in [1.165, 1.54) is 6.07 Å². The summed E-state index contributed by atoms with van der Waals surface area (Å²) in [7, 11) is 0. The lowest BCUT2D eigenvalue weighted by atomic mass is 10.2. The second-order valence-corrected chi connectivity index (χ2v) is 5.71. The van der Waals surface area contributed by atoms with Crippen LogP contribution in [0, 0.1) is 5.82 Å². The first-order valence-corrected chi connectivity index (χ1v) is 7.97. The van der Waals surface area contributed by atoms with Crippen molar-refractivity contribution in [1.29, 1.82) is 0 Å². The molecule has 0 spiro atoms. The fraction of sp³-hybridized carbons (Fsp3) is 0.167. The molecule has 0 unspecified atom stereocenters. The molecule has 128 valence electrons. The Morgan fingerprint density at radius 2 is 1.92 bits per heavy atom.